The van der Waals surface area contributed by atoms with Crippen LogP contribution in [0.2, 0.25) is 10.0 Å². The van der Waals surface area contributed by atoms with E-state index in [0.717, 1.165) is 6.07 Å². The summed E-state index contributed by atoms with van der Waals surface area (Å²) in [4.78, 5) is 17.4. The van der Waals surface area contributed by atoms with Crippen LogP contribution < -0.4 is 10.1 Å². The largest absolute Gasteiger partial charge is 0.481 e. The van der Waals surface area contributed by atoms with Gasteiger partial charge in [0.25, 0.3) is 5.91 Å². The van der Waals surface area contributed by atoms with Gasteiger partial charge in [-0.2, -0.15) is 0 Å². The maximum atomic E-state index is 13.9. The molecule has 0 unspecified atom stereocenters. The first-order valence-corrected chi connectivity index (χ1v) is 12.9. The number of amides is 1. The Bertz CT molecular complexity index is 1120. The minimum absolute atomic E-state index is 0.0322. The van der Waals surface area contributed by atoms with E-state index in [2.05, 4.69) is 10.3 Å². The number of nitrogens with one attached hydrogen (secondary N) is 1. The second kappa shape index (κ2) is 10.5. The van der Waals surface area contributed by atoms with E-state index >= 15 is 0 Å². The first-order valence-electron chi connectivity index (χ1n) is 10.5. The summed E-state index contributed by atoms with van der Waals surface area (Å²) in [5, 5.41) is 2.69. The van der Waals surface area contributed by atoms with Crippen molar-refractivity contribution in [2.75, 3.05) is 32.5 Å². The first-order chi connectivity index (χ1) is 15.6. The number of halogens is 3. The Hall–Kier alpha value is -1.94. The molecule has 1 saturated heterocycles. The zero-order valence-electron chi connectivity index (χ0n) is 18.4. The zero-order chi connectivity index (χ0) is 24.2. The number of nitrogens with zero attached hydrogens (tertiary/aromatic N) is 2. The van der Waals surface area contributed by atoms with Crippen LogP contribution in [0.15, 0.2) is 30.3 Å². The van der Waals surface area contributed by atoms with E-state index in [1.165, 1.54) is 17.5 Å². The molecule has 1 fully saturated rings. The van der Waals surface area contributed by atoms with Gasteiger partial charge in [-0.15, -0.1) is 0 Å². The van der Waals surface area contributed by atoms with Crippen molar-refractivity contribution in [1.29, 1.82) is 0 Å². The number of sulfonamides is 1. The third kappa shape index (κ3) is 5.77. The van der Waals surface area contributed by atoms with Gasteiger partial charge in [-0.05, 0) is 37.5 Å². The fraction of sp³-hybridized carbons (Fsp3) is 0.455. The van der Waals surface area contributed by atoms with Crippen molar-refractivity contribution in [3.63, 3.8) is 0 Å². The lowest BCUT2D eigenvalue weighted by Gasteiger charge is -2.41. The summed E-state index contributed by atoms with van der Waals surface area (Å²) in [7, 11) is -1.83. The van der Waals surface area contributed by atoms with E-state index < -0.39 is 27.2 Å². The van der Waals surface area contributed by atoms with Gasteiger partial charge in [-0.1, -0.05) is 36.2 Å². The predicted molar refractivity (Wildman–Crippen MR) is 126 cm³/mol. The maximum Gasteiger partial charge on any atom is 0.252 e. The molecule has 1 aromatic carbocycles. The lowest BCUT2D eigenvalue weighted by molar-refractivity contribution is 0.0931. The van der Waals surface area contributed by atoms with Crippen LogP contribution in [-0.4, -0.2) is 56.1 Å². The zero-order valence-corrected chi connectivity index (χ0v) is 20.7. The van der Waals surface area contributed by atoms with E-state index in [4.69, 9.17) is 27.9 Å². The van der Waals surface area contributed by atoms with E-state index in [1.54, 1.807) is 12.1 Å². The summed E-state index contributed by atoms with van der Waals surface area (Å²) in [5.74, 6) is -0.792. The van der Waals surface area contributed by atoms with Crippen molar-refractivity contribution in [3.8, 4) is 5.88 Å². The van der Waals surface area contributed by atoms with Crippen LogP contribution >= 0.6 is 23.2 Å². The lowest BCUT2D eigenvalue weighted by Crippen LogP contribution is -2.51. The van der Waals surface area contributed by atoms with Crippen molar-refractivity contribution >= 4 is 39.1 Å². The number of carbonyl (C=O) groups is 1. The molecule has 0 spiro atoms. The monoisotopic (exact) mass is 517 g/mol. The van der Waals surface area contributed by atoms with Gasteiger partial charge in [0.15, 0.2) is 0 Å². The Kier molecular flexibility index (Phi) is 8.21. The van der Waals surface area contributed by atoms with E-state index in [-0.39, 0.29) is 27.9 Å². The number of ether oxygens (including phenoxy) is 1. The average molecular weight is 518 g/mol. The van der Waals surface area contributed by atoms with Gasteiger partial charge in [0, 0.05) is 31.1 Å². The van der Waals surface area contributed by atoms with Crippen molar-refractivity contribution < 1.29 is 22.3 Å². The summed E-state index contributed by atoms with van der Waals surface area (Å²) < 4.78 is 45.7. The summed E-state index contributed by atoms with van der Waals surface area (Å²) >= 11 is 11.8. The molecule has 180 valence electrons. The van der Waals surface area contributed by atoms with Gasteiger partial charge in [0.05, 0.1) is 34.2 Å². The highest BCUT2D eigenvalue weighted by Gasteiger charge is 2.40. The van der Waals surface area contributed by atoms with E-state index in [9.17, 15) is 17.6 Å². The molecule has 11 heteroatoms. The van der Waals surface area contributed by atoms with Crippen molar-refractivity contribution in [2.24, 2.45) is 0 Å². The number of hydrogen-bond donors (Lipinski definition) is 1. The Balaban J connectivity index is 1.86. The smallest absolute Gasteiger partial charge is 0.252 e. The lowest BCUT2D eigenvalue weighted by atomic mass is 9.75. The van der Waals surface area contributed by atoms with Crippen LogP contribution in [0.5, 0.6) is 5.88 Å². The Morgan fingerprint density at radius 3 is 2.58 bits per heavy atom. The second-order valence-electron chi connectivity index (χ2n) is 7.99. The van der Waals surface area contributed by atoms with E-state index in [0.29, 0.717) is 43.9 Å². The second-order valence-corrected chi connectivity index (χ2v) is 10.9. The number of pyridine rings is 1. The molecule has 1 aliphatic rings. The van der Waals surface area contributed by atoms with Gasteiger partial charge in [-0.3, -0.25) is 4.79 Å². The van der Waals surface area contributed by atoms with Crippen LogP contribution in [0.4, 0.5) is 4.39 Å². The Morgan fingerprint density at radius 2 is 1.94 bits per heavy atom. The molecule has 1 aromatic heterocycles. The summed E-state index contributed by atoms with van der Waals surface area (Å²) in [6.45, 7) is 2.58. The van der Waals surface area contributed by atoms with Crippen LogP contribution in [0, 0.1) is 5.82 Å². The molecule has 0 radical (unpaired) electrons. The number of benzene rings is 1. The summed E-state index contributed by atoms with van der Waals surface area (Å²) in [6.07, 6.45) is 1.42. The summed E-state index contributed by atoms with van der Waals surface area (Å²) in [6, 6.07) is 7.53. The number of carbonyl (C=O) groups excluding carboxylic acids is 1. The number of hydrogen-bond acceptors (Lipinski definition) is 5. The molecule has 2 heterocycles. The first kappa shape index (κ1) is 25.7. The Morgan fingerprint density at radius 1 is 1.24 bits per heavy atom. The molecule has 0 aliphatic carbocycles. The van der Waals surface area contributed by atoms with Crippen LogP contribution in [-0.2, 0) is 15.4 Å². The molecule has 0 atom stereocenters. The highest BCUT2D eigenvalue weighted by atomic mass is 35.5. The van der Waals surface area contributed by atoms with Crippen LogP contribution in [0.1, 0.15) is 42.2 Å². The van der Waals surface area contributed by atoms with Crippen molar-refractivity contribution in [1.82, 2.24) is 14.6 Å². The van der Waals surface area contributed by atoms with Gasteiger partial charge < -0.3 is 10.1 Å². The maximum absolute atomic E-state index is 13.9. The minimum atomic E-state index is -3.34. The number of methoxy groups -OCH3 is 1. The standard InChI is InChI=1S/C22H26Cl2FN3O4S/c1-3-11-33(30,31)28-9-7-22(8-10-28,19-5-4-6-20(27-19)32-2)14-26-21(29)15-12-18(25)17(24)13-16(15)23/h4-6,12-13H,3,7-11,14H2,1-2H3,(H,26,29). The highest BCUT2D eigenvalue weighted by molar-refractivity contribution is 7.89. The number of rotatable bonds is 8. The van der Waals surface area contributed by atoms with Gasteiger partial charge in [-0.25, -0.2) is 22.1 Å². The van der Waals surface area contributed by atoms with Crippen molar-refractivity contribution in [2.45, 2.75) is 31.6 Å². The quantitative estimate of drug-likeness (QED) is 0.533. The molecular weight excluding hydrogens is 492 g/mol. The van der Waals surface area contributed by atoms with Gasteiger partial charge in [0.1, 0.15) is 5.82 Å². The predicted octanol–water partition coefficient (Wildman–Crippen LogP) is 4.04. The normalized spacial score (nSPS) is 16.4. The van der Waals surface area contributed by atoms with Gasteiger partial charge >= 0.3 is 0 Å². The fourth-order valence-corrected chi connectivity index (χ4v) is 5.95. The topological polar surface area (TPSA) is 88.6 Å². The molecule has 1 amide bonds. The fourth-order valence-electron chi connectivity index (χ4n) is 3.97. The molecule has 33 heavy (non-hydrogen) atoms. The third-order valence-electron chi connectivity index (χ3n) is 5.85. The highest BCUT2D eigenvalue weighted by Crippen LogP contribution is 2.36. The molecule has 3 rings (SSSR count). The average Bonchev–Trinajstić information content (AvgIpc) is 2.80. The van der Waals surface area contributed by atoms with Crippen LogP contribution in [0.3, 0.4) is 0 Å². The molecular formula is C22H26Cl2FN3O4S. The van der Waals surface area contributed by atoms with Crippen LogP contribution in [0.25, 0.3) is 0 Å². The summed E-state index contributed by atoms with van der Waals surface area (Å²) in [5.41, 5.74) is 0.0122. The van der Waals surface area contributed by atoms with Crippen molar-refractivity contribution in [3.05, 3.63) is 57.5 Å². The van der Waals surface area contributed by atoms with E-state index in [1.807, 2.05) is 13.0 Å². The minimum Gasteiger partial charge on any atom is -0.481 e. The molecule has 0 bridgehead atoms. The molecule has 0 saturated carbocycles. The number of piperidine rings is 1. The third-order valence-corrected chi connectivity index (χ3v) is 8.53. The number of aromatic nitrogens is 1. The SMILES string of the molecule is CCCS(=O)(=O)N1CCC(CNC(=O)c2cc(F)c(Cl)cc2Cl)(c2cccc(OC)n2)CC1. The Labute approximate surface area is 203 Å². The molecule has 2 aromatic rings. The van der Waals surface area contributed by atoms with Gasteiger partial charge in [0.2, 0.25) is 15.9 Å². The molecule has 7 nitrogen and oxygen atoms in total. The molecule has 1 aliphatic heterocycles. The molecule has 1 N–H and O–H groups in total.